The van der Waals surface area contributed by atoms with Crippen LogP contribution in [-0.4, -0.2) is 30.5 Å². The molecule has 1 heterocycles. The summed E-state index contributed by atoms with van der Waals surface area (Å²) in [5.41, 5.74) is 2.14. The van der Waals surface area contributed by atoms with Gasteiger partial charge >= 0.3 is 5.97 Å². The molecule has 0 unspecified atom stereocenters. The molecule has 0 fully saturated rings. The minimum absolute atomic E-state index is 0.192. The SMILES string of the molecule is CCCNC(=O)c1[nH]c(C)c(C(=O)OC)c1C. The van der Waals surface area contributed by atoms with Gasteiger partial charge in [0.25, 0.3) is 5.91 Å². The van der Waals surface area contributed by atoms with Crippen molar-refractivity contribution in [2.75, 3.05) is 13.7 Å². The summed E-state index contributed by atoms with van der Waals surface area (Å²) in [4.78, 5) is 26.3. The fourth-order valence-corrected chi connectivity index (χ4v) is 1.71. The van der Waals surface area contributed by atoms with Crippen molar-refractivity contribution < 1.29 is 14.3 Å². The third-order valence-electron chi connectivity index (χ3n) is 2.59. The van der Waals surface area contributed by atoms with Crippen molar-refractivity contribution in [3.63, 3.8) is 0 Å². The fraction of sp³-hybridized carbons (Fsp3) is 0.500. The predicted octanol–water partition coefficient (Wildman–Crippen LogP) is 1.56. The third kappa shape index (κ3) is 2.67. The Balaban J connectivity index is 3.04. The number of rotatable bonds is 4. The number of hydrogen-bond acceptors (Lipinski definition) is 3. The molecule has 0 saturated carbocycles. The van der Waals surface area contributed by atoms with E-state index in [1.54, 1.807) is 13.8 Å². The Labute approximate surface area is 101 Å². The number of methoxy groups -OCH3 is 1. The van der Waals surface area contributed by atoms with Crippen molar-refractivity contribution in [1.82, 2.24) is 10.3 Å². The molecule has 2 N–H and O–H groups in total. The first-order valence-electron chi connectivity index (χ1n) is 5.58. The number of esters is 1. The normalized spacial score (nSPS) is 10.1. The van der Waals surface area contributed by atoms with E-state index in [4.69, 9.17) is 0 Å². The molecule has 0 spiro atoms. The van der Waals surface area contributed by atoms with Crippen molar-refractivity contribution in [3.8, 4) is 0 Å². The second-order valence-corrected chi connectivity index (χ2v) is 3.87. The van der Waals surface area contributed by atoms with Crippen LogP contribution < -0.4 is 5.32 Å². The average Bonchev–Trinajstić information content (AvgIpc) is 2.61. The minimum Gasteiger partial charge on any atom is -0.465 e. The molecule has 0 aliphatic carbocycles. The second-order valence-electron chi connectivity index (χ2n) is 3.87. The average molecular weight is 238 g/mol. The quantitative estimate of drug-likeness (QED) is 0.782. The number of aryl methyl sites for hydroxylation is 1. The van der Waals surface area contributed by atoms with Gasteiger partial charge < -0.3 is 15.0 Å². The van der Waals surface area contributed by atoms with Gasteiger partial charge in [0.05, 0.1) is 12.7 Å². The molecule has 0 aliphatic heterocycles. The van der Waals surface area contributed by atoms with Crippen LogP contribution in [0.1, 0.15) is 45.4 Å². The van der Waals surface area contributed by atoms with Gasteiger partial charge in [0.1, 0.15) is 5.69 Å². The Morgan fingerprint density at radius 2 is 2.00 bits per heavy atom. The number of hydrogen-bond donors (Lipinski definition) is 2. The zero-order chi connectivity index (χ0) is 13.0. The van der Waals surface area contributed by atoms with E-state index in [0.717, 1.165) is 6.42 Å². The Kier molecular flexibility index (Phi) is 4.31. The Morgan fingerprint density at radius 1 is 1.35 bits per heavy atom. The van der Waals surface area contributed by atoms with Crippen molar-refractivity contribution >= 4 is 11.9 Å². The highest BCUT2D eigenvalue weighted by Gasteiger charge is 2.21. The molecule has 0 bridgehead atoms. The first-order valence-corrected chi connectivity index (χ1v) is 5.58. The maximum atomic E-state index is 11.8. The molecular weight excluding hydrogens is 220 g/mol. The fourth-order valence-electron chi connectivity index (χ4n) is 1.71. The molecule has 0 aliphatic rings. The van der Waals surface area contributed by atoms with Gasteiger partial charge in [0.15, 0.2) is 0 Å². The van der Waals surface area contributed by atoms with Gasteiger partial charge in [-0.25, -0.2) is 4.79 Å². The molecule has 0 saturated heterocycles. The standard InChI is InChI=1S/C12H18N2O3/c1-5-6-13-11(15)10-7(2)9(8(3)14-10)12(16)17-4/h14H,5-6H2,1-4H3,(H,13,15). The largest absolute Gasteiger partial charge is 0.465 e. The summed E-state index contributed by atoms with van der Waals surface area (Å²) in [5, 5.41) is 2.76. The summed E-state index contributed by atoms with van der Waals surface area (Å²) >= 11 is 0. The van der Waals surface area contributed by atoms with Gasteiger partial charge in [0.2, 0.25) is 0 Å². The topological polar surface area (TPSA) is 71.2 Å². The molecule has 1 amide bonds. The summed E-state index contributed by atoms with van der Waals surface area (Å²) in [5.74, 6) is -0.617. The van der Waals surface area contributed by atoms with Crippen LogP contribution in [0.25, 0.3) is 0 Å². The second kappa shape index (κ2) is 5.52. The lowest BCUT2D eigenvalue weighted by Crippen LogP contribution is -2.25. The third-order valence-corrected chi connectivity index (χ3v) is 2.59. The molecule has 0 aromatic carbocycles. The number of amides is 1. The van der Waals surface area contributed by atoms with Crippen LogP contribution in [0.3, 0.4) is 0 Å². The van der Waals surface area contributed by atoms with E-state index >= 15 is 0 Å². The number of aromatic nitrogens is 1. The van der Waals surface area contributed by atoms with Crippen LogP contribution in [-0.2, 0) is 4.74 Å². The molecule has 1 aromatic heterocycles. The highest BCUT2D eigenvalue weighted by molar-refractivity contribution is 6.00. The van der Waals surface area contributed by atoms with Crippen LogP contribution in [0.2, 0.25) is 0 Å². The number of aromatic amines is 1. The van der Waals surface area contributed by atoms with E-state index in [-0.39, 0.29) is 5.91 Å². The van der Waals surface area contributed by atoms with Gasteiger partial charge in [0, 0.05) is 12.2 Å². The van der Waals surface area contributed by atoms with E-state index in [9.17, 15) is 9.59 Å². The first-order chi connectivity index (χ1) is 8.02. The van der Waals surface area contributed by atoms with Crippen molar-refractivity contribution in [3.05, 3.63) is 22.5 Å². The van der Waals surface area contributed by atoms with Crippen LogP contribution in [0.15, 0.2) is 0 Å². The molecule has 17 heavy (non-hydrogen) atoms. The lowest BCUT2D eigenvalue weighted by molar-refractivity contribution is 0.0599. The molecule has 1 aromatic rings. The van der Waals surface area contributed by atoms with Gasteiger partial charge in [-0.3, -0.25) is 4.79 Å². The molecule has 94 valence electrons. The number of carbonyl (C=O) groups excluding carboxylic acids is 2. The minimum atomic E-state index is -0.425. The molecule has 5 heteroatoms. The summed E-state index contributed by atoms with van der Waals surface area (Å²) in [6, 6.07) is 0. The first kappa shape index (κ1) is 13.3. The smallest absolute Gasteiger partial charge is 0.339 e. The predicted molar refractivity (Wildman–Crippen MR) is 64.2 cm³/mol. The number of H-pyrrole nitrogens is 1. The van der Waals surface area contributed by atoms with Crippen molar-refractivity contribution in [2.45, 2.75) is 27.2 Å². The summed E-state index contributed by atoms with van der Waals surface area (Å²) in [7, 11) is 1.32. The molecule has 0 radical (unpaired) electrons. The lowest BCUT2D eigenvalue weighted by Gasteiger charge is -2.02. The highest BCUT2D eigenvalue weighted by Crippen LogP contribution is 2.18. The number of carbonyl (C=O) groups is 2. The highest BCUT2D eigenvalue weighted by atomic mass is 16.5. The van der Waals surface area contributed by atoms with E-state index in [2.05, 4.69) is 15.0 Å². The Hall–Kier alpha value is -1.78. The van der Waals surface area contributed by atoms with Gasteiger partial charge in [-0.15, -0.1) is 0 Å². The van der Waals surface area contributed by atoms with Crippen LogP contribution in [0.5, 0.6) is 0 Å². The van der Waals surface area contributed by atoms with Crippen LogP contribution in [0.4, 0.5) is 0 Å². The monoisotopic (exact) mass is 238 g/mol. The molecular formula is C12H18N2O3. The zero-order valence-corrected chi connectivity index (χ0v) is 10.6. The molecule has 1 rings (SSSR count). The molecule has 0 atom stereocenters. The number of ether oxygens (including phenoxy) is 1. The maximum absolute atomic E-state index is 11.8. The van der Waals surface area contributed by atoms with E-state index in [0.29, 0.717) is 29.1 Å². The number of nitrogens with one attached hydrogen (secondary N) is 2. The van der Waals surface area contributed by atoms with E-state index in [1.165, 1.54) is 7.11 Å². The van der Waals surface area contributed by atoms with E-state index < -0.39 is 5.97 Å². The van der Waals surface area contributed by atoms with Crippen LogP contribution >= 0.6 is 0 Å². The molecule has 5 nitrogen and oxygen atoms in total. The van der Waals surface area contributed by atoms with E-state index in [1.807, 2.05) is 6.92 Å². The van der Waals surface area contributed by atoms with Crippen molar-refractivity contribution in [2.24, 2.45) is 0 Å². The lowest BCUT2D eigenvalue weighted by atomic mass is 10.1. The van der Waals surface area contributed by atoms with Crippen LogP contribution in [0, 0.1) is 13.8 Å². The van der Waals surface area contributed by atoms with Gasteiger partial charge in [-0.05, 0) is 25.8 Å². The van der Waals surface area contributed by atoms with Crippen molar-refractivity contribution in [1.29, 1.82) is 0 Å². The maximum Gasteiger partial charge on any atom is 0.339 e. The summed E-state index contributed by atoms with van der Waals surface area (Å²) < 4.78 is 4.68. The Morgan fingerprint density at radius 3 is 2.53 bits per heavy atom. The summed E-state index contributed by atoms with van der Waals surface area (Å²) in [6.07, 6.45) is 0.869. The van der Waals surface area contributed by atoms with Gasteiger partial charge in [-0.1, -0.05) is 6.92 Å². The zero-order valence-electron chi connectivity index (χ0n) is 10.6. The Bertz CT molecular complexity index is 435. The van der Waals surface area contributed by atoms with Gasteiger partial charge in [-0.2, -0.15) is 0 Å². The summed E-state index contributed by atoms with van der Waals surface area (Å²) in [6.45, 7) is 6.07.